The third kappa shape index (κ3) is 4.08. The minimum Gasteiger partial charge on any atom is -0.381 e. The second-order valence-electron chi connectivity index (χ2n) is 4.86. The van der Waals surface area contributed by atoms with Crippen molar-refractivity contribution < 1.29 is 8.42 Å². The van der Waals surface area contributed by atoms with Crippen LogP contribution in [0.15, 0.2) is 51.8 Å². The van der Waals surface area contributed by atoms with Gasteiger partial charge in [0, 0.05) is 16.7 Å². The summed E-state index contributed by atoms with van der Waals surface area (Å²) in [6.07, 6.45) is 0. The molecule has 0 amide bonds. The molecule has 2 rings (SSSR count). The van der Waals surface area contributed by atoms with E-state index in [9.17, 15) is 8.42 Å². The fraction of sp³-hybridized carbons (Fsp3) is 0.250. The Labute approximate surface area is 134 Å². The van der Waals surface area contributed by atoms with E-state index in [1.54, 1.807) is 31.2 Å². The molecule has 0 atom stereocenters. The quantitative estimate of drug-likeness (QED) is 0.862. The molecule has 112 valence electrons. The summed E-state index contributed by atoms with van der Waals surface area (Å²) >= 11 is 3.52. The number of hydrogen-bond acceptors (Lipinski definition) is 3. The fourth-order valence-electron chi connectivity index (χ4n) is 1.90. The van der Waals surface area contributed by atoms with Gasteiger partial charge in [-0.15, -0.1) is 0 Å². The molecule has 0 aromatic heterocycles. The Morgan fingerprint density at radius 1 is 1.10 bits per heavy atom. The van der Waals surface area contributed by atoms with E-state index in [1.165, 1.54) is 5.56 Å². The van der Waals surface area contributed by atoms with E-state index in [4.69, 9.17) is 0 Å². The lowest BCUT2D eigenvalue weighted by Crippen LogP contribution is -2.04. The van der Waals surface area contributed by atoms with Crippen molar-refractivity contribution in [3.63, 3.8) is 0 Å². The maximum atomic E-state index is 11.7. The zero-order chi connectivity index (χ0) is 15.5. The van der Waals surface area contributed by atoms with Crippen molar-refractivity contribution in [3.05, 3.63) is 58.1 Å². The Kier molecular flexibility index (Phi) is 5.06. The van der Waals surface area contributed by atoms with Gasteiger partial charge in [0.2, 0.25) is 0 Å². The van der Waals surface area contributed by atoms with E-state index in [0.29, 0.717) is 11.4 Å². The van der Waals surface area contributed by atoms with Gasteiger partial charge in [-0.2, -0.15) is 0 Å². The second kappa shape index (κ2) is 6.62. The Bertz CT molecular complexity index is 724. The zero-order valence-corrected chi connectivity index (χ0v) is 14.5. The van der Waals surface area contributed by atoms with E-state index in [-0.39, 0.29) is 5.75 Å². The summed E-state index contributed by atoms with van der Waals surface area (Å²) in [5.74, 6) is 0.122. The lowest BCUT2D eigenvalue weighted by molar-refractivity contribution is 0.597. The highest BCUT2D eigenvalue weighted by molar-refractivity contribution is 9.10. The summed E-state index contributed by atoms with van der Waals surface area (Å²) in [7, 11) is -3.13. The molecule has 0 heterocycles. The van der Waals surface area contributed by atoms with Crippen LogP contribution < -0.4 is 5.32 Å². The molecule has 0 bridgehead atoms. The second-order valence-corrected chi connectivity index (χ2v) is 8.00. The largest absolute Gasteiger partial charge is 0.381 e. The predicted molar refractivity (Wildman–Crippen MR) is 90.4 cm³/mol. The average molecular weight is 368 g/mol. The first-order valence-electron chi connectivity index (χ1n) is 6.74. The minimum atomic E-state index is -3.13. The third-order valence-electron chi connectivity index (χ3n) is 3.33. The topological polar surface area (TPSA) is 46.2 Å². The molecule has 0 saturated heterocycles. The molecule has 0 aliphatic rings. The summed E-state index contributed by atoms with van der Waals surface area (Å²) in [6.45, 7) is 4.39. The van der Waals surface area contributed by atoms with E-state index in [1.807, 2.05) is 6.92 Å². The Morgan fingerprint density at radius 3 is 2.33 bits per heavy atom. The van der Waals surface area contributed by atoms with Gasteiger partial charge in [0.1, 0.15) is 0 Å². The number of halogens is 1. The Morgan fingerprint density at radius 2 is 1.76 bits per heavy atom. The van der Waals surface area contributed by atoms with Crippen molar-refractivity contribution >= 4 is 31.5 Å². The van der Waals surface area contributed by atoms with Crippen molar-refractivity contribution in [2.24, 2.45) is 0 Å². The van der Waals surface area contributed by atoms with E-state index in [2.05, 4.69) is 39.4 Å². The molecule has 0 saturated carbocycles. The van der Waals surface area contributed by atoms with Crippen LogP contribution in [0, 0.1) is 6.92 Å². The summed E-state index contributed by atoms with van der Waals surface area (Å²) in [4.78, 5) is 0.369. The van der Waals surface area contributed by atoms with Crippen molar-refractivity contribution in [3.8, 4) is 0 Å². The maximum Gasteiger partial charge on any atom is 0.178 e. The van der Waals surface area contributed by atoms with Crippen LogP contribution in [-0.4, -0.2) is 14.2 Å². The average Bonchev–Trinajstić information content (AvgIpc) is 2.49. The highest BCUT2D eigenvalue weighted by Crippen LogP contribution is 2.19. The van der Waals surface area contributed by atoms with Crippen LogP contribution in [-0.2, 0) is 16.4 Å². The molecule has 1 N–H and O–H groups in total. The van der Waals surface area contributed by atoms with Crippen molar-refractivity contribution in [1.82, 2.24) is 0 Å². The van der Waals surface area contributed by atoms with E-state index >= 15 is 0 Å². The van der Waals surface area contributed by atoms with Crippen LogP contribution in [0.25, 0.3) is 0 Å². The van der Waals surface area contributed by atoms with Crippen LogP contribution in [0.5, 0.6) is 0 Å². The zero-order valence-electron chi connectivity index (χ0n) is 12.1. The maximum absolute atomic E-state index is 11.7. The SMILES string of the molecule is CCS(=O)(=O)c1ccc(NCc2ccc(C)c(Br)c2)cc1. The molecule has 2 aromatic carbocycles. The lowest BCUT2D eigenvalue weighted by atomic mass is 10.1. The minimum absolute atomic E-state index is 0.122. The molecule has 0 fully saturated rings. The van der Waals surface area contributed by atoms with E-state index in [0.717, 1.165) is 15.7 Å². The van der Waals surface area contributed by atoms with Crippen molar-refractivity contribution in [1.29, 1.82) is 0 Å². The van der Waals surface area contributed by atoms with Gasteiger partial charge in [0.05, 0.1) is 10.6 Å². The summed E-state index contributed by atoms with van der Waals surface area (Å²) in [5, 5.41) is 3.29. The summed E-state index contributed by atoms with van der Waals surface area (Å²) in [5.41, 5.74) is 3.27. The van der Waals surface area contributed by atoms with Crippen LogP contribution in [0.4, 0.5) is 5.69 Å². The number of anilines is 1. The monoisotopic (exact) mass is 367 g/mol. The molecule has 0 aliphatic heterocycles. The molecule has 2 aromatic rings. The van der Waals surface area contributed by atoms with Gasteiger partial charge >= 0.3 is 0 Å². The van der Waals surface area contributed by atoms with Gasteiger partial charge in [-0.3, -0.25) is 0 Å². The van der Waals surface area contributed by atoms with Crippen molar-refractivity contribution in [2.75, 3.05) is 11.1 Å². The van der Waals surface area contributed by atoms with Crippen molar-refractivity contribution in [2.45, 2.75) is 25.3 Å². The Balaban J connectivity index is 2.05. The van der Waals surface area contributed by atoms with Crippen LogP contribution in [0.3, 0.4) is 0 Å². The number of hydrogen-bond donors (Lipinski definition) is 1. The summed E-state index contributed by atoms with van der Waals surface area (Å²) in [6, 6.07) is 13.1. The lowest BCUT2D eigenvalue weighted by Gasteiger charge is -2.09. The molecular weight excluding hydrogens is 350 g/mol. The summed E-state index contributed by atoms with van der Waals surface area (Å²) < 4.78 is 24.6. The van der Waals surface area contributed by atoms with Crippen LogP contribution in [0.1, 0.15) is 18.1 Å². The fourth-order valence-corrected chi connectivity index (χ4v) is 3.21. The molecular formula is C16H18BrNO2S. The van der Waals surface area contributed by atoms with Gasteiger partial charge in [0.25, 0.3) is 0 Å². The third-order valence-corrected chi connectivity index (χ3v) is 5.93. The Hall–Kier alpha value is -1.33. The van der Waals surface area contributed by atoms with Gasteiger partial charge in [-0.25, -0.2) is 8.42 Å². The van der Waals surface area contributed by atoms with Gasteiger partial charge in [-0.1, -0.05) is 35.0 Å². The van der Waals surface area contributed by atoms with Crippen LogP contribution in [0.2, 0.25) is 0 Å². The first-order chi connectivity index (χ1) is 9.92. The molecule has 21 heavy (non-hydrogen) atoms. The van der Waals surface area contributed by atoms with Gasteiger partial charge < -0.3 is 5.32 Å². The highest BCUT2D eigenvalue weighted by atomic mass is 79.9. The number of aryl methyl sites for hydroxylation is 1. The first kappa shape index (κ1) is 16.0. The van der Waals surface area contributed by atoms with Crippen LogP contribution >= 0.6 is 15.9 Å². The van der Waals surface area contributed by atoms with Gasteiger partial charge in [-0.05, 0) is 48.4 Å². The molecule has 5 heteroatoms. The van der Waals surface area contributed by atoms with Gasteiger partial charge in [0.15, 0.2) is 9.84 Å². The number of benzene rings is 2. The predicted octanol–water partition coefficient (Wildman–Crippen LogP) is 4.16. The smallest absolute Gasteiger partial charge is 0.178 e. The molecule has 0 aliphatic carbocycles. The van der Waals surface area contributed by atoms with E-state index < -0.39 is 9.84 Å². The normalized spacial score (nSPS) is 11.4. The molecule has 0 spiro atoms. The molecule has 0 radical (unpaired) electrons. The standard InChI is InChI=1S/C16H18BrNO2S/c1-3-21(19,20)15-8-6-14(7-9-15)18-11-13-5-4-12(2)16(17)10-13/h4-10,18H,3,11H2,1-2H3. The molecule has 3 nitrogen and oxygen atoms in total. The number of sulfone groups is 1. The first-order valence-corrected chi connectivity index (χ1v) is 9.18. The number of nitrogens with one attached hydrogen (secondary N) is 1. The number of rotatable bonds is 5. The molecule has 0 unspecified atom stereocenters. The highest BCUT2D eigenvalue weighted by Gasteiger charge is 2.10.